The van der Waals surface area contributed by atoms with E-state index >= 15 is 0 Å². The van der Waals surface area contributed by atoms with Crippen molar-refractivity contribution >= 4 is 17.9 Å². The smallest absolute Gasteiger partial charge is 0.361 e. The molecule has 0 aromatic carbocycles. The highest BCUT2D eigenvalue weighted by Gasteiger charge is 2.25. The SMILES string of the molecule is CCCCCCC/C=C\C/C=C\CCCCCCCCCCCCCCCC(=O)OC(COC(=O)CCCCCCCCCCCCCCCCCCCCCCCCCCCCCCC)COC(OCC[N+](C)(C)C)C(=O)O. The highest BCUT2D eigenvalue weighted by molar-refractivity contribution is 5.71. The zero-order valence-electron chi connectivity index (χ0n) is 53.3. The molecule has 9 nitrogen and oxygen atoms in total. The van der Waals surface area contributed by atoms with Crippen molar-refractivity contribution in [3.63, 3.8) is 0 Å². The first kappa shape index (κ1) is 76.8. The van der Waals surface area contributed by atoms with Gasteiger partial charge < -0.3 is 28.5 Å². The predicted molar refractivity (Wildman–Crippen MR) is 337 cm³/mol. The number of hydrogen-bond acceptors (Lipinski definition) is 7. The lowest BCUT2D eigenvalue weighted by molar-refractivity contribution is -0.870. The predicted octanol–water partition coefficient (Wildman–Crippen LogP) is 21.0. The quantitative estimate of drug-likeness (QED) is 0.0211. The van der Waals surface area contributed by atoms with E-state index in [9.17, 15) is 19.5 Å². The van der Waals surface area contributed by atoms with Crippen LogP contribution in [0.2, 0.25) is 0 Å². The molecule has 0 bridgehead atoms. The van der Waals surface area contributed by atoms with Gasteiger partial charge in [-0.15, -0.1) is 0 Å². The summed E-state index contributed by atoms with van der Waals surface area (Å²) in [4.78, 5) is 37.6. The van der Waals surface area contributed by atoms with Crippen molar-refractivity contribution in [3.8, 4) is 0 Å². The molecule has 0 saturated heterocycles. The summed E-state index contributed by atoms with van der Waals surface area (Å²) in [5.74, 6) is -1.98. The van der Waals surface area contributed by atoms with Crippen LogP contribution in [0.5, 0.6) is 0 Å². The molecular formula is C70H134NO8+. The van der Waals surface area contributed by atoms with Crippen LogP contribution in [-0.2, 0) is 33.3 Å². The fraction of sp³-hybridized carbons (Fsp3) is 0.900. The van der Waals surface area contributed by atoms with E-state index in [1.165, 1.54) is 276 Å². The highest BCUT2D eigenvalue weighted by atomic mass is 16.7. The van der Waals surface area contributed by atoms with Gasteiger partial charge in [-0.1, -0.05) is 314 Å². The molecule has 0 fully saturated rings. The van der Waals surface area contributed by atoms with Gasteiger partial charge in [0.05, 0.1) is 34.4 Å². The Bertz CT molecular complexity index is 1340. The summed E-state index contributed by atoms with van der Waals surface area (Å²) in [7, 11) is 5.99. The Morgan fingerprint density at radius 1 is 0.380 bits per heavy atom. The van der Waals surface area contributed by atoms with Crippen LogP contribution in [0.15, 0.2) is 24.3 Å². The van der Waals surface area contributed by atoms with Gasteiger partial charge in [-0.05, 0) is 44.9 Å². The van der Waals surface area contributed by atoms with E-state index in [1.807, 2.05) is 21.1 Å². The monoisotopic (exact) mass is 1120 g/mol. The third-order valence-electron chi connectivity index (χ3n) is 15.7. The van der Waals surface area contributed by atoms with Crippen molar-refractivity contribution in [1.82, 2.24) is 0 Å². The van der Waals surface area contributed by atoms with E-state index in [0.717, 1.165) is 44.9 Å². The molecule has 0 aromatic heterocycles. The maximum absolute atomic E-state index is 12.9. The van der Waals surface area contributed by atoms with Crippen LogP contribution in [0, 0.1) is 0 Å². The minimum Gasteiger partial charge on any atom is -0.477 e. The molecule has 0 saturated carbocycles. The van der Waals surface area contributed by atoms with Gasteiger partial charge in [0.25, 0.3) is 6.29 Å². The van der Waals surface area contributed by atoms with Gasteiger partial charge in [-0.25, -0.2) is 4.79 Å². The Labute approximate surface area is 490 Å². The van der Waals surface area contributed by atoms with Crippen LogP contribution in [0.3, 0.4) is 0 Å². The number of nitrogens with zero attached hydrogens (tertiary/aromatic N) is 1. The second kappa shape index (κ2) is 61.8. The lowest BCUT2D eigenvalue weighted by atomic mass is 10.0. The van der Waals surface area contributed by atoms with E-state index in [4.69, 9.17) is 18.9 Å². The van der Waals surface area contributed by atoms with E-state index in [0.29, 0.717) is 17.4 Å². The van der Waals surface area contributed by atoms with Gasteiger partial charge in [0, 0.05) is 12.8 Å². The number of carbonyl (C=O) groups is 3. The van der Waals surface area contributed by atoms with Crippen LogP contribution < -0.4 is 0 Å². The average Bonchev–Trinajstić information content (AvgIpc) is 3.42. The van der Waals surface area contributed by atoms with Crippen LogP contribution in [0.25, 0.3) is 0 Å². The molecule has 0 heterocycles. The first-order valence-corrected chi connectivity index (χ1v) is 34.5. The number of ether oxygens (including phenoxy) is 4. The fourth-order valence-corrected chi connectivity index (χ4v) is 10.4. The molecule has 79 heavy (non-hydrogen) atoms. The number of carboxylic acid groups (broad SMARTS) is 1. The number of aliphatic carboxylic acids is 1. The van der Waals surface area contributed by atoms with Crippen LogP contribution in [-0.4, -0.2) is 87.4 Å². The first-order chi connectivity index (χ1) is 38.6. The normalized spacial score (nSPS) is 12.8. The number of unbranched alkanes of at least 4 members (excludes halogenated alkanes) is 46. The van der Waals surface area contributed by atoms with Crippen molar-refractivity contribution in [2.75, 3.05) is 47.5 Å². The molecule has 0 radical (unpaired) electrons. The van der Waals surface area contributed by atoms with Crippen LogP contribution in [0.1, 0.15) is 348 Å². The van der Waals surface area contributed by atoms with E-state index in [2.05, 4.69) is 38.2 Å². The Kier molecular flexibility index (Phi) is 60.1. The molecule has 0 aliphatic rings. The molecule has 0 amide bonds. The number of hydrogen-bond donors (Lipinski definition) is 1. The van der Waals surface area contributed by atoms with Gasteiger partial charge in [0.15, 0.2) is 6.10 Å². The number of carboxylic acids is 1. The number of allylic oxidation sites excluding steroid dienone is 4. The van der Waals surface area contributed by atoms with Gasteiger partial charge in [-0.3, -0.25) is 9.59 Å². The van der Waals surface area contributed by atoms with Crippen molar-refractivity contribution < 1.29 is 42.9 Å². The van der Waals surface area contributed by atoms with Gasteiger partial charge >= 0.3 is 17.9 Å². The van der Waals surface area contributed by atoms with Crippen molar-refractivity contribution in [2.24, 2.45) is 0 Å². The van der Waals surface area contributed by atoms with Crippen molar-refractivity contribution in [1.29, 1.82) is 0 Å². The van der Waals surface area contributed by atoms with Crippen molar-refractivity contribution in [3.05, 3.63) is 24.3 Å². The fourth-order valence-electron chi connectivity index (χ4n) is 10.4. The minimum atomic E-state index is -1.51. The zero-order valence-corrected chi connectivity index (χ0v) is 53.3. The molecule has 0 aromatic rings. The molecule has 466 valence electrons. The average molecular weight is 1120 g/mol. The molecule has 2 unspecified atom stereocenters. The largest absolute Gasteiger partial charge is 0.477 e. The maximum atomic E-state index is 12.9. The summed E-state index contributed by atoms with van der Waals surface area (Å²) in [5.41, 5.74) is 0. The Balaban J connectivity index is 4.07. The summed E-state index contributed by atoms with van der Waals surface area (Å²) in [6, 6.07) is 0. The summed E-state index contributed by atoms with van der Waals surface area (Å²) in [6.45, 7) is 4.94. The molecule has 1 N–H and O–H groups in total. The Morgan fingerprint density at radius 2 is 0.684 bits per heavy atom. The van der Waals surface area contributed by atoms with E-state index in [-0.39, 0.29) is 38.2 Å². The number of esters is 2. The molecule has 9 heteroatoms. The van der Waals surface area contributed by atoms with Crippen LogP contribution >= 0.6 is 0 Å². The topological polar surface area (TPSA) is 108 Å². The molecular weight excluding hydrogens is 983 g/mol. The second-order valence-corrected chi connectivity index (χ2v) is 24.8. The maximum Gasteiger partial charge on any atom is 0.361 e. The number of rotatable bonds is 65. The molecule has 0 aliphatic heterocycles. The zero-order chi connectivity index (χ0) is 57.6. The molecule has 0 spiro atoms. The third-order valence-corrected chi connectivity index (χ3v) is 15.7. The summed E-state index contributed by atoms with van der Waals surface area (Å²) >= 11 is 0. The number of carbonyl (C=O) groups excluding carboxylic acids is 2. The van der Waals surface area contributed by atoms with Gasteiger partial charge in [-0.2, -0.15) is 0 Å². The lowest BCUT2D eigenvalue weighted by Gasteiger charge is -2.25. The van der Waals surface area contributed by atoms with E-state index in [1.54, 1.807) is 0 Å². The number of likely N-dealkylation sites (N-methyl/N-ethyl adjacent to an activating group) is 1. The second-order valence-electron chi connectivity index (χ2n) is 24.8. The Morgan fingerprint density at radius 3 is 1.00 bits per heavy atom. The summed E-state index contributed by atoms with van der Waals surface area (Å²) in [6.07, 6.45) is 72.9. The lowest BCUT2D eigenvalue weighted by Crippen LogP contribution is -2.40. The van der Waals surface area contributed by atoms with Gasteiger partial charge in [0.1, 0.15) is 13.2 Å². The van der Waals surface area contributed by atoms with Crippen LogP contribution in [0.4, 0.5) is 0 Å². The molecule has 0 rings (SSSR count). The third kappa shape index (κ3) is 63.2. The van der Waals surface area contributed by atoms with E-state index < -0.39 is 18.4 Å². The standard InChI is InChI=1S/C70H133NO8/c1-6-8-10-12-14-16-18-20-22-24-26-28-30-32-33-34-35-37-38-40-42-44-46-48-50-52-54-56-58-60-67(72)77-64-66(65-78-70(69(74)75)76-63-62-71(3,4)5)79-68(73)61-59-57-55-53-51-49-47-45-43-41-39-36-31-29-27-25-23-21-19-17-15-13-11-9-7-2/h19,21,25,27,66,70H,6-18,20,22-24,26,28-65H2,1-5H3/p+1/b21-19-,27-25-. The summed E-state index contributed by atoms with van der Waals surface area (Å²) < 4.78 is 23.0. The highest BCUT2D eigenvalue weighted by Crippen LogP contribution is 2.19. The van der Waals surface area contributed by atoms with Crippen molar-refractivity contribution in [2.45, 2.75) is 360 Å². The first-order valence-electron chi connectivity index (χ1n) is 34.5. The minimum absolute atomic E-state index is 0.176. The number of quaternary nitrogens is 1. The molecule has 0 aliphatic carbocycles. The Hall–Kier alpha value is -2.23. The summed E-state index contributed by atoms with van der Waals surface area (Å²) in [5, 5.41) is 9.74. The van der Waals surface area contributed by atoms with Gasteiger partial charge in [0.2, 0.25) is 0 Å². The molecule has 2 atom stereocenters.